The van der Waals surface area contributed by atoms with E-state index in [1.807, 2.05) is 38.1 Å². The summed E-state index contributed by atoms with van der Waals surface area (Å²) < 4.78 is 27.2. The smallest absolute Gasteiger partial charge is 0.324 e. The molecule has 2 aliphatic heterocycles. The number of nitrogens with one attached hydrogen (secondary N) is 2. The highest BCUT2D eigenvalue weighted by Gasteiger charge is 2.33. The van der Waals surface area contributed by atoms with E-state index in [1.165, 1.54) is 0 Å². The first-order valence-corrected chi connectivity index (χ1v) is 21.1. The molecule has 5 rings (SSSR count). The van der Waals surface area contributed by atoms with E-state index in [4.69, 9.17) is 42.1 Å². The van der Waals surface area contributed by atoms with Crippen LogP contribution in [0, 0.1) is 24.5 Å². The summed E-state index contributed by atoms with van der Waals surface area (Å²) in [7, 11) is 0. The number of halogens is 3. The molecule has 2 N–H and O–H groups in total. The molecule has 2 aliphatic rings. The van der Waals surface area contributed by atoms with Crippen molar-refractivity contribution in [2.75, 3.05) is 90.7 Å². The van der Waals surface area contributed by atoms with Gasteiger partial charge in [0.25, 0.3) is 0 Å². The second kappa shape index (κ2) is 33.1. The Morgan fingerprint density at radius 1 is 0.754 bits per heavy atom. The zero-order valence-corrected chi connectivity index (χ0v) is 38.1. The molecule has 332 valence electrons. The second-order valence-electron chi connectivity index (χ2n) is 13.2. The van der Waals surface area contributed by atoms with Crippen LogP contribution >= 0.6 is 40.7 Å². The van der Waals surface area contributed by atoms with Crippen LogP contribution in [0.3, 0.4) is 0 Å². The molecule has 17 heteroatoms. The highest BCUT2D eigenvalue weighted by Crippen LogP contribution is 2.20. The minimum Gasteiger partial charge on any atom is -0.494 e. The molecular weight excluding hydrogens is 889 g/mol. The predicted molar refractivity (Wildman–Crippen MR) is 245 cm³/mol. The van der Waals surface area contributed by atoms with Crippen LogP contribution in [0.15, 0.2) is 72.8 Å². The summed E-state index contributed by atoms with van der Waals surface area (Å²) in [4.78, 5) is 34.9. The van der Waals surface area contributed by atoms with E-state index < -0.39 is 0 Å². The Labute approximate surface area is 381 Å². The molecule has 14 nitrogen and oxygen atoms in total. The number of carbonyl (C=O) groups excluding carboxylic acids is 2. The van der Waals surface area contributed by atoms with Gasteiger partial charge in [-0.1, -0.05) is 40.2 Å². The molecule has 2 saturated heterocycles. The van der Waals surface area contributed by atoms with Crippen molar-refractivity contribution in [3.05, 3.63) is 101 Å². The predicted octanol–water partition coefficient (Wildman–Crippen LogP) is 7.25. The van der Waals surface area contributed by atoms with Crippen LogP contribution in [0.4, 0.5) is 11.4 Å². The molecule has 3 aromatic rings. The van der Waals surface area contributed by atoms with Gasteiger partial charge in [0.2, 0.25) is 0 Å². The Kier molecular flexibility index (Phi) is 29.5. The van der Waals surface area contributed by atoms with Crippen LogP contribution in [-0.4, -0.2) is 125 Å². The summed E-state index contributed by atoms with van der Waals surface area (Å²) in [5.41, 5.74) is 1.85. The lowest BCUT2D eigenvalue weighted by atomic mass is 10.1. The average molecular weight is 948 g/mol. The quantitative estimate of drug-likeness (QED) is 0.0574. The van der Waals surface area contributed by atoms with Gasteiger partial charge in [-0.15, -0.1) is 24.8 Å². The van der Waals surface area contributed by atoms with Gasteiger partial charge in [0.05, 0.1) is 57.8 Å². The van der Waals surface area contributed by atoms with Gasteiger partial charge < -0.3 is 34.3 Å². The lowest BCUT2D eigenvalue weighted by Crippen LogP contribution is -2.57. The number of hydrogen-bond donors (Lipinski definition) is 2. The van der Waals surface area contributed by atoms with Crippen molar-refractivity contribution >= 4 is 64.1 Å². The number of rotatable bonds is 18. The van der Waals surface area contributed by atoms with Crippen LogP contribution in [0.2, 0.25) is 0 Å². The molecule has 0 bridgehead atoms. The number of nitrogens with zero attached hydrogens (tertiary/aromatic N) is 5. The monoisotopic (exact) mass is 945 g/mol. The van der Waals surface area contributed by atoms with Crippen molar-refractivity contribution in [3.63, 3.8) is 0 Å². The number of ether oxygens (including phenoxy) is 5. The molecule has 2 fully saturated rings. The maximum absolute atomic E-state index is 12.6. The molecule has 3 aromatic carbocycles. The SMILES string of the molecule is CCOC(=O)C1CNCCN1.Cl.Cl.[C-]#[N+]c1ccc(OCCCBr)cc1.[C-]#[N+]c1ccc(OCCCN2CCN(CCCOc3ccc(C#N)cc3)C(C(=O)OCC)C2)cc1. The number of esters is 2. The van der Waals surface area contributed by atoms with Gasteiger partial charge in [0, 0.05) is 57.7 Å². The van der Waals surface area contributed by atoms with Crippen molar-refractivity contribution in [3.8, 4) is 23.3 Å². The van der Waals surface area contributed by atoms with Crippen molar-refractivity contribution in [2.45, 2.75) is 45.2 Å². The van der Waals surface area contributed by atoms with Gasteiger partial charge in [-0.3, -0.25) is 19.4 Å². The maximum atomic E-state index is 12.6. The summed E-state index contributed by atoms with van der Waals surface area (Å²) in [6.07, 6.45) is 2.62. The van der Waals surface area contributed by atoms with Gasteiger partial charge in [-0.2, -0.15) is 5.26 Å². The van der Waals surface area contributed by atoms with Gasteiger partial charge >= 0.3 is 11.9 Å². The first-order chi connectivity index (χ1) is 28.8. The number of hydrogen-bond acceptors (Lipinski definition) is 12. The van der Waals surface area contributed by atoms with Gasteiger partial charge in [0.1, 0.15) is 29.3 Å². The summed E-state index contributed by atoms with van der Waals surface area (Å²) in [5.74, 6) is 1.99. The third-order valence-corrected chi connectivity index (χ3v) is 9.51. The molecule has 0 aromatic heterocycles. The lowest BCUT2D eigenvalue weighted by Gasteiger charge is -2.40. The molecule has 2 heterocycles. The minimum atomic E-state index is -0.291. The Hall–Kier alpha value is -4.63. The fourth-order valence-corrected chi connectivity index (χ4v) is 6.14. The number of carbonyl (C=O) groups is 2. The largest absolute Gasteiger partial charge is 0.494 e. The Balaban J connectivity index is 0.000000584. The van der Waals surface area contributed by atoms with Crippen molar-refractivity contribution in [1.82, 2.24) is 20.4 Å². The van der Waals surface area contributed by atoms with E-state index in [0.717, 1.165) is 81.1 Å². The summed E-state index contributed by atoms with van der Waals surface area (Å²) in [6, 6.07) is 23.0. The van der Waals surface area contributed by atoms with E-state index in [0.29, 0.717) is 63.1 Å². The molecule has 61 heavy (non-hydrogen) atoms. The van der Waals surface area contributed by atoms with E-state index in [1.54, 1.807) is 48.5 Å². The molecular formula is C44H58BrCl2N7O7. The van der Waals surface area contributed by atoms with E-state index in [-0.39, 0.29) is 48.8 Å². The number of nitriles is 1. The Morgan fingerprint density at radius 2 is 1.26 bits per heavy atom. The van der Waals surface area contributed by atoms with Gasteiger partial charge in [-0.05, 0) is 81.6 Å². The third kappa shape index (κ3) is 21.6. The first kappa shape index (κ1) is 54.4. The molecule has 0 amide bonds. The molecule has 2 unspecified atom stereocenters. The van der Waals surface area contributed by atoms with E-state index in [2.05, 4.69) is 52.1 Å². The van der Waals surface area contributed by atoms with Crippen LogP contribution in [-0.2, 0) is 19.1 Å². The summed E-state index contributed by atoms with van der Waals surface area (Å²) in [5, 5.41) is 16.0. The Morgan fingerprint density at radius 3 is 1.74 bits per heavy atom. The number of benzene rings is 3. The lowest BCUT2D eigenvalue weighted by molar-refractivity contribution is -0.152. The fraction of sp³-hybridized carbons (Fsp3) is 0.477. The topological polar surface area (TPSA) is 143 Å². The highest BCUT2D eigenvalue weighted by molar-refractivity contribution is 9.09. The molecule has 2 atom stereocenters. The normalized spacial score (nSPS) is 15.7. The van der Waals surface area contributed by atoms with Crippen LogP contribution in [0.25, 0.3) is 9.69 Å². The maximum Gasteiger partial charge on any atom is 0.324 e. The second-order valence-corrected chi connectivity index (χ2v) is 14.0. The fourth-order valence-electron chi connectivity index (χ4n) is 5.91. The van der Waals surface area contributed by atoms with Crippen molar-refractivity contribution < 1.29 is 33.3 Å². The van der Waals surface area contributed by atoms with E-state index in [9.17, 15) is 9.59 Å². The highest BCUT2D eigenvalue weighted by atomic mass is 79.9. The summed E-state index contributed by atoms with van der Waals surface area (Å²) >= 11 is 3.33. The van der Waals surface area contributed by atoms with Crippen LogP contribution in [0.5, 0.6) is 17.2 Å². The standard InChI is InChI=1S/C27H32N4O4.C10H10BrNO.C7H14N2O2.2ClH/c1-3-33-27(32)26-21-30(14-4-18-34-25-12-8-23(29-2)9-13-25)16-17-31(26)15-5-19-35-24-10-6-22(20-28)7-11-24;1-12-9-3-5-10(6-4-9)13-8-2-7-11;1-2-11-7(10)6-5-8-3-4-9-6;;/h6-13,26H,3-5,14-19,21H2,1H3;3-6H,2,7-8H2;6,8-9H,2-5H2,1H3;2*1H. The van der Waals surface area contributed by atoms with Crippen LogP contribution < -0.4 is 24.8 Å². The molecule has 0 radical (unpaired) electrons. The molecule has 0 aliphatic carbocycles. The van der Waals surface area contributed by atoms with Crippen molar-refractivity contribution in [2.24, 2.45) is 0 Å². The van der Waals surface area contributed by atoms with E-state index >= 15 is 0 Å². The van der Waals surface area contributed by atoms with Crippen molar-refractivity contribution in [1.29, 1.82) is 5.26 Å². The molecule has 0 spiro atoms. The zero-order chi connectivity index (χ0) is 42.5. The summed E-state index contributed by atoms with van der Waals surface area (Å²) in [6.45, 7) is 26.4. The van der Waals surface area contributed by atoms with Gasteiger partial charge in [0.15, 0.2) is 11.4 Å². The number of piperazine rings is 2. The van der Waals surface area contributed by atoms with Gasteiger partial charge in [-0.25, -0.2) is 9.69 Å². The molecule has 0 saturated carbocycles. The Bertz CT molecular complexity index is 1780. The van der Waals surface area contributed by atoms with Crippen LogP contribution in [0.1, 0.15) is 38.7 Å². The average Bonchev–Trinajstić information content (AvgIpc) is 3.28. The first-order valence-electron chi connectivity index (χ1n) is 20.0. The minimum absolute atomic E-state index is 0. The number of alkyl halides is 1. The third-order valence-electron chi connectivity index (χ3n) is 8.95. The zero-order valence-electron chi connectivity index (χ0n) is 34.9.